The molecule has 0 bridgehead atoms. The lowest BCUT2D eigenvalue weighted by Crippen LogP contribution is -2.51. The van der Waals surface area contributed by atoms with Gasteiger partial charge in [0.1, 0.15) is 11.3 Å². The number of nitrogens with one attached hydrogen (secondary N) is 3. The second-order valence-electron chi connectivity index (χ2n) is 10.8. The third-order valence-corrected chi connectivity index (χ3v) is 8.66. The molecule has 7 rings (SSSR count). The second kappa shape index (κ2) is 9.70. The smallest absolute Gasteiger partial charge is 0.230 e. The van der Waals surface area contributed by atoms with E-state index in [1.165, 1.54) is 37.8 Å². The van der Waals surface area contributed by atoms with E-state index in [9.17, 15) is 0 Å². The van der Waals surface area contributed by atoms with Crippen LogP contribution in [0, 0.1) is 0 Å². The molecule has 0 amide bonds. The number of anilines is 4. The van der Waals surface area contributed by atoms with Gasteiger partial charge >= 0.3 is 0 Å². The Morgan fingerprint density at radius 3 is 2.57 bits per heavy atom. The number of aromatic nitrogens is 5. The van der Waals surface area contributed by atoms with Crippen molar-refractivity contribution in [3.05, 3.63) is 24.5 Å². The predicted octanol–water partition coefficient (Wildman–Crippen LogP) is 2.86. The first-order valence-electron chi connectivity index (χ1n) is 13.8. The molecule has 0 radical (unpaired) electrons. The molecule has 3 aromatic heterocycles. The van der Waals surface area contributed by atoms with Crippen LogP contribution < -0.4 is 21.1 Å². The molecule has 3 fully saturated rings. The van der Waals surface area contributed by atoms with Gasteiger partial charge in [0.15, 0.2) is 5.65 Å². The maximum atomic E-state index is 5.52. The van der Waals surface area contributed by atoms with Crippen LogP contribution in [0.3, 0.4) is 0 Å². The quantitative estimate of drug-likeness (QED) is 0.491. The summed E-state index contributed by atoms with van der Waals surface area (Å²) < 4.78 is 7.83. The number of hydrazine groups is 1. The van der Waals surface area contributed by atoms with Gasteiger partial charge in [-0.15, -0.1) is 0 Å². The fraction of sp³-hybridized carbons (Fsp3) is 0.615. The van der Waals surface area contributed by atoms with Crippen LogP contribution in [0.2, 0.25) is 0 Å². The van der Waals surface area contributed by atoms with E-state index in [2.05, 4.69) is 41.6 Å². The van der Waals surface area contributed by atoms with E-state index >= 15 is 0 Å². The predicted molar refractivity (Wildman–Crippen MR) is 143 cm³/mol. The molecule has 6 heterocycles. The van der Waals surface area contributed by atoms with Crippen molar-refractivity contribution in [2.45, 2.75) is 56.5 Å². The zero-order valence-corrected chi connectivity index (χ0v) is 21.3. The van der Waals surface area contributed by atoms with E-state index < -0.39 is 0 Å². The van der Waals surface area contributed by atoms with E-state index in [1.54, 1.807) is 6.20 Å². The molecule has 1 saturated carbocycles. The average molecular weight is 505 g/mol. The summed E-state index contributed by atoms with van der Waals surface area (Å²) in [5.74, 6) is 2.12. The number of hydrogen-bond acceptors (Lipinski definition) is 10. The first-order chi connectivity index (χ1) is 18.3. The van der Waals surface area contributed by atoms with Crippen LogP contribution in [-0.2, 0) is 10.3 Å². The first-order valence-corrected chi connectivity index (χ1v) is 13.8. The number of pyridine rings is 1. The van der Waals surface area contributed by atoms with Crippen LogP contribution in [0.5, 0.6) is 0 Å². The molecule has 3 aliphatic heterocycles. The van der Waals surface area contributed by atoms with Crippen LogP contribution in [-0.4, -0.2) is 81.4 Å². The van der Waals surface area contributed by atoms with Crippen molar-refractivity contribution in [1.29, 1.82) is 0 Å². The summed E-state index contributed by atoms with van der Waals surface area (Å²) in [7, 11) is 0. The van der Waals surface area contributed by atoms with Crippen molar-refractivity contribution < 1.29 is 4.74 Å². The SMILES string of the molecule is c1cc(Nc2ncc3nc4n(c3n2)C2(CCCCC2)CNN4)ncc1N1CCC(N2CCOCC2)CC1. The van der Waals surface area contributed by atoms with Crippen LogP contribution in [0.1, 0.15) is 44.9 Å². The van der Waals surface area contributed by atoms with E-state index in [1.807, 2.05) is 12.3 Å². The molecular weight excluding hydrogens is 468 g/mol. The number of hydrogen-bond donors (Lipinski definition) is 3. The molecular formula is C26H36N10O. The monoisotopic (exact) mass is 504 g/mol. The molecule has 1 spiro atoms. The van der Waals surface area contributed by atoms with Crippen LogP contribution >= 0.6 is 0 Å². The summed E-state index contributed by atoms with van der Waals surface area (Å²) in [5.41, 5.74) is 9.47. The highest BCUT2D eigenvalue weighted by Gasteiger charge is 2.40. The minimum Gasteiger partial charge on any atom is -0.379 e. The Labute approximate surface area is 217 Å². The summed E-state index contributed by atoms with van der Waals surface area (Å²) in [6.45, 7) is 6.88. The fourth-order valence-corrected chi connectivity index (χ4v) is 6.64. The summed E-state index contributed by atoms with van der Waals surface area (Å²) >= 11 is 0. The molecule has 2 saturated heterocycles. The van der Waals surface area contributed by atoms with Gasteiger partial charge in [0.2, 0.25) is 11.9 Å². The molecule has 3 aromatic rings. The number of rotatable bonds is 4. The number of imidazole rings is 1. The molecule has 196 valence electrons. The molecule has 3 N–H and O–H groups in total. The highest BCUT2D eigenvalue weighted by molar-refractivity contribution is 5.76. The van der Waals surface area contributed by atoms with Gasteiger partial charge in [0, 0.05) is 38.8 Å². The Hall–Kier alpha value is -3.02. The highest BCUT2D eigenvalue weighted by atomic mass is 16.5. The maximum Gasteiger partial charge on any atom is 0.230 e. The largest absolute Gasteiger partial charge is 0.379 e. The zero-order chi connectivity index (χ0) is 24.7. The van der Waals surface area contributed by atoms with E-state index in [0.29, 0.717) is 12.0 Å². The Bertz CT molecular complexity index is 1220. The standard InChI is InChI=1S/C26H36N10O/c1-2-8-26(9-3-1)18-29-33-25-30-21-17-28-24(32-23(21)36(25)26)31-22-5-4-20(16-27-22)34-10-6-19(7-11-34)35-12-14-37-15-13-35/h4-5,16-17,19,29H,1-3,6-15,18H2,(H,30,33)(H,27,28,31,32). The number of piperidine rings is 1. The van der Waals surface area contributed by atoms with Gasteiger partial charge in [-0.25, -0.2) is 20.4 Å². The summed E-state index contributed by atoms with van der Waals surface area (Å²) in [6, 6.07) is 4.85. The molecule has 1 aliphatic carbocycles. The Kier molecular flexibility index (Phi) is 6.06. The van der Waals surface area contributed by atoms with Gasteiger partial charge in [-0.3, -0.25) is 14.9 Å². The van der Waals surface area contributed by atoms with E-state index in [0.717, 1.165) is 81.7 Å². The van der Waals surface area contributed by atoms with Crippen molar-refractivity contribution in [3.63, 3.8) is 0 Å². The fourth-order valence-electron chi connectivity index (χ4n) is 6.64. The van der Waals surface area contributed by atoms with Crippen LogP contribution in [0.15, 0.2) is 24.5 Å². The third-order valence-electron chi connectivity index (χ3n) is 8.66. The number of nitrogens with zero attached hydrogens (tertiary/aromatic N) is 7. The van der Waals surface area contributed by atoms with Crippen molar-refractivity contribution in [3.8, 4) is 0 Å². The lowest BCUT2D eigenvalue weighted by Gasteiger charge is -2.42. The van der Waals surface area contributed by atoms with Gasteiger partial charge in [-0.05, 0) is 37.8 Å². The van der Waals surface area contributed by atoms with Crippen molar-refractivity contribution >= 4 is 34.6 Å². The normalized spacial score (nSPS) is 22.6. The maximum absolute atomic E-state index is 5.52. The summed E-state index contributed by atoms with van der Waals surface area (Å²) in [6.07, 6.45) is 12.2. The number of morpholine rings is 1. The third kappa shape index (κ3) is 4.38. The van der Waals surface area contributed by atoms with E-state index in [-0.39, 0.29) is 5.54 Å². The van der Waals surface area contributed by atoms with Gasteiger partial charge < -0.3 is 15.0 Å². The molecule has 11 heteroatoms. The number of ether oxygens (including phenoxy) is 1. The lowest BCUT2D eigenvalue weighted by atomic mass is 9.81. The van der Waals surface area contributed by atoms with Crippen molar-refractivity contribution in [1.82, 2.24) is 34.8 Å². The first kappa shape index (κ1) is 23.1. The van der Waals surface area contributed by atoms with Gasteiger partial charge in [0.25, 0.3) is 0 Å². The second-order valence-corrected chi connectivity index (χ2v) is 10.8. The molecule has 0 unspecified atom stereocenters. The molecule has 4 aliphatic rings. The highest BCUT2D eigenvalue weighted by Crippen LogP contribution is 2.40. The summed E-state index contributed by atoms with van der Waals surface area (Å²) in [4.78, 5) is 23.9. The number of fused-ring (bicyclic) bond motifs is 4. The molecule has 11 nitrogen and oxygen atoms in total. The van der Waals surface area contributed by atoms with Crippen LogP contribution in [0.4, 0.5) is 23.4 Å². The van der Waals surface area contributed by atoms with Gasteiger partial charge in [-0.1, -0.05) is 19.3 Å². The van der Waals surface area contributed by atoms with E-state index in [4.69, 9.17) is 19.7 Å². The van der Waals surface area contributed by atoms with Gasteiger partial charge in [0.05, 0.1) is 36.8 Å². The molecule has 0 atom stereocenters. The lowest BCUT2D eigenvalue weighted by molar-refractivity contribution is 0.0115. The average Bonchev–Trinajstić information content (AvgIpc) is 3.34. The Morgan fingerprint density at radius 2 is 1.78 bits per heavy atom. The van der Waals surface area contributed by atoms with Crippen molar-refractivity contribution in [2.75, 3.05) is 61.6 Å². The minimum atomic E-state index is 0.0222. The molecule has 0 aromatic carbocycles. The Morgan fingerprint density at radius 1 is 0.946 bits per heavy atom. The topological polar surface area (TPSA) is 108 Å². The van der Waals surface area contributed by atoms with Crippen molar-refractivity contribution in [2.24, 2.45) is 0 Å². The minimum absolute atomic E-state index is 0.0222. The zero-order valence-electron chi connectivity index (χ0n) is 21.3. The van der Waals surface area contributed by atoms with Crippen LogP contribution in [0.25, 0.3) is 11.2 Å². The summed E-state index contributed by atoms with van der Waals surface area (Å²) in [5, 5.41) is 3.32. The van der Waals surface area contributed by atoms with Gasteiger partial charge in [-0.2, -0.15) is 4.98 Å². The Balaban J connectivity index is 1.05. The molecule has 37 heavy (non-hydrogen) atoms.